The predicted molar refractivity (Wildman–Crippen MR) is 344 cm³/mol. The lowest BCUT2D eigenvalue weighted by Crippen LogP contribution is -2.70. The first kappa shape index (κ1) is 50.3. The fourth-order valence-corrected chi connectivity index (χ4v) is 14.7. The van der Waals surface area contributed by atoms with Crippen molar-refractivity contribution in [3.63, 3.8) is 0 Å². The SMILES string of the molecule is CC(C)(C)c1ccc(B2c3c(-c4ccc(C#N)cc4)c4c5c6c3-n3c7c2cc(C(C)(C)C)cc7c2cc(C(C)(C)C)cc(c23)B6c2cc(C(C)(C)C)cc3c6cc(C(C)(C)C)cc(c6n-5c23)B4c2ccc(C(C)(C)C)cc2)cc1. The van der Waals surface area contributed by atoms with Crippen LogP contribution in [0.15, 0.2) is 121 Å². The number of nitrogens with zero attached hydrogens (tertiary/aromatic N) is 3. The Hall–Kier alpha value is -6.96. The highest BCUT2D eigenvalue weighted by Gasteiger charge is 2.52. The van der Waals surface area contributed by atoms with Crippen molar-refractivity contribution in [2.45, 2.75) is 157 Å². The summed E-state index contributed by atoms with van der Waals surface area (Å²) in [5.74, 6) is 0. The molecule has 0 amide bonds. The lowest BCUT2D eigenvalue weighted by Gasteiger charge is -2.44. The van der Waals surface area contributed by atoms with Gasteiger partial charge in [0.25, 0.3) is 6.71 Å². The monoisotopic (exact) mass is 1030 g/mol. The molecule has 0 N–H and O–H groups in total. The van der Waals surface area contributed by atoms with Gasteiger partial charge in [0, 0.05) is 55.0 Å². The molecule has 0 saturated heterocycles. The highest BCUT2D eigenvalue weighted by molar-refractivity contribution is 7.07. The van der Waals surface area contributed by atoms with E-state index in [9.17, 15) is 5.26 Å². The van der Waals surface area contributed by atoms with Crippen LogP contribution in [0.1, 0.15) is 164 Å². The molecule has 14 rings (SSSR count). The second-order valence-corrected chi connectivity index (χ2v) is 30.6. The summed E-state index contributed by atoms with van der Waals surface area (Å²) < 4.78 is 5.59. The van der Waals surface area contributed by atoms with Gasteiger partial charge in [-0.2, -0.15) is 5.26 Å². The van der Waals surface area contributed by atoms with Gasteiger partial charge >= 0.3 is 0 Å². The number of benzene rings is 8. The van der Waals surface area contributed by atoms with E-state index < -0.39 is 0 Å². The molecule has 0 aliphatic carbocycles. The first-order chi connectivity index (χ1) is 36.9. The number of fused-ring (bicyclic) bond motifs is 4. The van der Waals surface area contributed by atoms with Gasteiger partial charge in [-0.25, -0.2) is 0 Å². The van der Waals surface area contributed by atoms with E-state index in [0.717, 1.165) is 5.56 Å². The molecule has 10 aromatic rings. The highest BCUT2D eigenvalue weighted by Crippen LogP contribution is 2.46. The lowest BCUT2D eigenvalue weighted by molar-refractivity contribution is 0.590. The summed E-state index contributed by atoms with van der Waals surface area (Å²) >= 11 is 0. The minimum atomic E-state index is -0.125. The Kier molecular flexibility index (Phi) is 9.99. The van der Waals surface area contributed by atoms with Gasteiger partial charge in [0.15, 0.2) is 0 Å². The third-order valence-electron chi connectivity index (χ3n) is 19.1. The Labute approximate surface area is 470 Å². The summed E-state index contributed by atoms with van der Waals surface area (Å²) in [5, 5.41) is 15.9. The molecule has 4 aliphatic heterocycles. The van der Waals surface area contributed by atoms with Crippen molar-refractivity contribution >= 4 is 113 Å². The van der Waals surface area contributed by atoms with Crippen LogP contribution in [0.25, 0.3) is 66.1 Å². The fraction of sp³-hybridized carbons (Fsp3) is 0.329. The fourth-order valence-electron chi connectivity index (χ4n) is 14.7. The third-order valence-corrected chi connectivity index (χ3v) is 19.1. The first-order valence-corrected chi connectivity index (χ1v) is 29.2. The van der Waals surface area contributed by atoms with E-state index in [1.807, 2.05) is 0 Å². The molecular formula is C73H74B3N3. The van der Waals surface area contributed by atoms with Crippen LogP contribution in [-0.2, 0) is 32.5 Å². The van der Waals surface area contributed by atoms with Crippen LogP contribution in [0.2, 0.25) is 0 Å². The smallest absolute Gasteiger partial charge is 0.252 e. The zero-order valence-electron chi connectivity index (χ0n) is 50.1. The van der Waals surface area contributed by atoms with Crippen molar-refractivity contribution in [2.75, 3.05) is 0 Å². The summed E-state index contributed by atoms with van der Waals surface area (Å²) in [6.45, 7) is 42.5. The second-order valence-electron chi connectivity index (χ2n) is 30.6. The summed E-state index contributed by atoms with van der Waals surface area (Å²) in [6.07, 6.45) is 0. The molecule has 0 spiro atoms. The number of aromatic nitrogens is 2. The minimum Gasteiger partial charge on any atom is -0.311 e. The molecule has 79 heavy (non-hydrogen) atoms. The number of hydrogen-bond donors (Lipinski definition) is 0. The van der Waals surface area contributed by atoms with Crippen molar-refractivity contribution in [1.29, 1.82) is 5.26 Å². The summed E-state index contributed by atoms with van der Waals surface area (Å²) in [7, 11) is 0. The second kappa shape index (κ2) is 15.7. The molecule has 0 fully saturated rings. The number of nitriles is 1. The predicted octanol–water partition coefficient (Wildman–Crippen LogP) is 12.0. The number of hydrogen-bond acceptors (Lipinski definition) is 1. The maximum absolute atomic E-state index is 10.5. The van der Waals surface area contributed by atoms with Crippen molar-refractivity contribution < 1.29 is 0 Å². The molecule has 0 atom stereocenters. The molecule has 8 aromatic carbocycles. The Morgan fingerprint density at radius 3 is 0.899 bits per heavy atom. The van der Waals surface area contributed by atoms with E-state index in [2.05, 4.69) is 261 Å². The van der Waals surface area contributed by atoms with Gasteiger partial charge in [0.05, 0.1) is 11.6 Å². The molecule has 4 aliphatic rings. The van der Waals surface area contributed by atoms with Gasteiger partial charge in [0.2, 0.25) is 13.4 Å². The first-order valence-electron chi connectivity index (χ1n) is 29.2. The van der Waals surface area contributed by atoms with Crippen molar-refractivity contribution in [2.24, 2.45) is 0 Å². The van der Waals surface area contributed by atoms with Crippen LogP contribution in [0.5, 0.6) is 0 Å². The maximum Gasteiger partial charge on any atom is 0.252 e. The quantitative estimate of drug-likeness (QED) is 0.162. The number of rotatable bonds is 3. The van der Waals surface area contributed by atoms with E-state index in [1.165, 1.54) is 143 Å². The topological polar surface area (TPSA) is 33.6 Å². The molecular weight excluding hydrogens is 951 g/mol. The Morgan fingerprint density at radius 2 is 0.620 bits per heavy atom. The summed E-state index contributed by atoms with van der Waals surface area (Å²) in [5.41, 5.74) is 31.2. The average molecular weight is 1030 g/mol. The van der Waals surface area contributed by atoms with Crippen molar-refractivity contribution in [1.82, 2.24) is 9.13 Å². The summed E-state index contributed by atoms with van der Waals surface area (Å²) in [6, 6.07) is 51.5. The Morgan fingerprint density at radius 1 is 0.329 bits per heavy atom. The molecule has 6 heterocycles. The largest absolute Gasteiger partial charge is 0.311 e. The van der Waals surface area contributed by atoms with Gasteiger partial charge in [0.1, 0.15) is 0 Å². The van der Waals surface area contributed by atoms with Crippen LogP contribution in [0, 0.1) is 11.3 Å². The molecule has 2 aromatic heterocycles. The molecule has 0 saturated carbocycles. The van der Waals surface area contributed by atoms with Crippen molar-refractivity contribution in [3.8, 4) is 28.6 Å². The van der Waals surface area contributed by atoms with Gasteiger partial charge in [-0.1, -0.05) is 220 Å². The molecule has 0 unspecified atom stereocenters. The van der Waals surface area contributed by atoms with Gasteiger partial charge in [-0.15, -0.1) is 0 Å². The molecule has 390 valence electrons. The minimum absolute atomic E-state index is 0.0112. The molecule has 0 bridgehead atoms. The van der Waals surface area contributed by atoms with E-state index in [-0.39, 0.29) is 52.6 Å². The van der Waals surface area contributed by atoms with Crippen LogP contribution in [-0.4, -0.2) is 29.3 Å². The lowest BCUT2D eigenvalue weighted by atomic mass is 9.26. The highest BCUT2D eigenvalue weighted by atomic mass is 15.0. The standard InChI is InChI=1S/C73H74B3N3/c1-68(2,3)42-23-27-48(28-24-42)74-54-35-44(70(7,8)9)31-50-52-33-46(72(13,14)15)37-56-64(52)78(62(50)54)66-59(74)58(41-21-19-40(39-77)20-22-41)60-67-61(66)76(56)57-38-47(73(16,17)18)34-53-51-32-45(71(10,11)12)36-55(63(51)79(67)65(53)57)75(60)49-29-25-43(26-30-49)69(4,5)6/h19-38H,1-18H3. The Balaban J connectivity index is 1.30. The zero-order valence-corrected chi connectivity index (χ0v) is 50.1. The Bertz CT molecular complexity index is 4140. The third kappa shape index (κ3) is 6.93. The van der Waals surface area contributed by atoms with E-state index >= 15 is 0 Å². The van der Waals surface area contributed by atoms with Crippen molar-refractivity contribution in [3.05, 3.63) is 160 Å². The molecule has 3 nitrogen and oxygen atoms in total. The maximum atomic E-state index is 10.5. The van der Waals surface area contributed by atoms with E-state index in [0.29, 0.717) is 5.56 Å². The van der Waals surface area contributed by atoms with Crippen LogP contribution < -0.4 is 49.2 Å². The van der Waals surface area contributed by atoms with Gasteiger partial charge < -0.3 is 9.13 Å². The zero-order chi connectivity index (χ0) is 55.9. The van der Waals surface area contributed by atoms with E-state index in [4.69, 9.17) is 0 Å². The normalized spacial score (nSPS) is 14.6. The molecule has 0 radical (unpaired) electrons. The summed E-state index contributed by atoms with van der Waals surface area (Å²) in [4.78, 5) is 0. The van der Waals surface area contributed by atoms with E-state index in [1.54, 1.807) is 0 Å². The average Bonchev–Trinajstić information content (AvgIpc) is 2.25. The van der Waals surface area contributed by atoms with Crippen LogP contribution >= 0.6 is 0 Å². The van der Waals surface area contributed by atoms with Gasteiger partial charge in [-0.3, -0.25) is 0 Å². The van der Waals surface area contributed by atoms with Crippen LogP contribution in [0.3, 0.4) is 0 Å². The van der Waals surface area contributed by atoms with Crippen LogP contribution in [0.4, 0.5) is 0 Å². The molecule has 6 heteroatoms. The van der Waals surface area contributed by atoms with Gasteiger partial charge in [-0.05, 0) is 152 Å².